The Morgan fingerprint density at radius 3 is 2.75 bits per heavy atom. The first-order chi connectivity index (χ1) is 9.58. The van der Waals surface area contributed by atoms with Crippen molar-refractivity contribution in [2.24, 2.45) is 0 Å². The SMILES string of the molecule is CC.CC1CCC(=O)N1CCOc1cc(C(=O)O)cs1. The first kappa shape index (κ1) is 16.5. The zero-order chi connectivity index (χ0) is 15.1. The summed E-state index contributed by atoms with van der Waals surface area (Å²) in [6.45, 7) is 6.98. The number of carboxylic acids is 1. The highest BCUT2D eigenvalue weighted by Gasteiger charge is 2.26. The molecule has 0 aromatic carbocycles. The first-order valence-electron chi connectivity index (χ1n) is 6.82. The van der Waals surface area contributed by atoms with Crippen LogP contribution in [0.15, 0.2) is 11.4 Å². The van der Waals surface area contributed by atoms with Crippen LogP contribution in [-0.4, -0.2) is 41.1 Å². The number of carboxylic acid groups (broad SMARTS) is 1. The van der Waals surface area contributed by atoms with Crippen LogP contribution >= 0.6 is 11.3 Å². The number of rotatable bonds is 5. The molecule has 1 aliphatic rings. The van der Waals surface area contributed by atoms with Gasteiger partial charge in [0.05, 0.1) is 12.1 Å². The molecule has 1 aliphatic heterocycles. The molecule has 1 N–H and O–H groups in total. The maximum absolute atomic E-state index is 11.5. The minimum absolute atomic E-state index is 0.170. The van der Waals surface area contributed by atoms with Crippen LogP contribution in [0.2, 0.25) is 0 Å². The van der Waals surface area contributed by atoms with Gasteiger partial charge in [-0.15, -0.1) is 11.3 Å². The molecule has 5 nitrogen and oxygen atoms in total. The van der Waals surface area contributed by atoms with Crippen molar-refractivity contribution < 1.29 is 19.4 Å². The molecule has 0 bridgehead atoms. The molecule has 1 fully saturated rings. The number of hydrogen-bond donors (Lipinski definition) is 1. The molecule has 1 atom stereocenters. The Bertz CT molecular complexity index is 458. The van der Waals surface area contributed by atoms with Crippen LogP contribution in [0, 0.1) is 0 Å². The molecule has 0 spiro atoms. The molecule has 2 rings (SSSR count). The largest absolute Gasteiger partial charge is 0.482 e. The minimum Gasteiger partial charge on any atom is -0.482 e. The Hall–Kier alpha value is -1.56. The number of thiophene rings is 1. The topological polar surface area (TPSA) is 66.8 Å². The third-order valence-electron chi connectivity index (χ3n) is 3.03. The Balaban J connectivity index is 0.000000956. The smallest absolute Gasteiger partial charge is 0.336 e. The lowest BCUT2D eigenvalue weighted by Crippen LogP contribution is -2.34. The summed E-state index contributed by atoms with van der Waals surface area (Å²) >= 11 is 1.26. The second-order valence-corrected chi connectivity index (χ2v) is 5.16. The van der Waals surface area contributed by atoms with E-state index in [1.54, 1.807) is 5.38 Å². The van der Waals surface area contributed by atoms with Gasteiger partial charge in [0.1, 0.15) is 6.61 Å². The Morgan fingerprint density at radius 1 is 1.55 bits per heavy atom. The zero-order valence-electron chi connectivity index (χ0n) is 12.1. The van der Waals surface area contributed by atoms with Crippen LogP contribution in [-0.2, 0) is 4.79 Å². The van der Waals surface area contributed by atoms with Gasteiger partial charge in [-0.25, -0.2) is 4.79 Å². The maximum atomic E-state index is 11.5. The van der Waals surface area contributed by atoms with Gasteiger partial charge >= 0.3 is 5.97 Å². The molecule has 0 saturated carbocycles. The maximum Gasteiger partial charge on any atom is 0.336 e. The van der Waals surface area contributed by atoms with Crippen molar-refractivity contribution >= 4 is 23.2 Å². The van der Waals surface area contributed by atoms with E-state index in [9.17, 15) is 9.59 Å². The fraction of sp³-hybridized carbons (Fsp3) is 0.571. The molecule has 1 aromatic rings. The summed E-state index contributed by atoms with van der Waals surface area (Å²) in [5.41, 5.74) is 0.237. The van der Waals surface area contributed by atoms with E-state index in [0.29, 0.717) is 24.6 Å². The van der Waals surface area contributed by atoms with Gasteiger partial charge in [-0.05, 0) is 13.3 Å². The van der Waals surface area contributed by atoms with Crippen molar-refractivity contribution in [1.82, 2.24) is 4.90 Å². The minimum atomic E-state index is -0.954. The molecule has 112 valence electrons. The van der Waals surface area contributed by atoms with Crippen molar-refractivity contribution in [1.29, 1.82) is 0 Å². The first-order valence-corrected chi connectivity index (χ1v) is 7.70. The van der Waals surface area contributed by atoms with Crippen LogP contribution < -0.4 is 4.74 Å². The van der Waals surface area contributed by atoms with E-state index < -0.39 is 5.97 Å². The Labute approximate surface area is 123 Å². The molecule has 1 amide bonds. The normalized spacial score (nSPS) is 17.6. The summed E-state index contributed by atoms with van der Waals surface area (Å²) in [5.74, 6) is -0.784. The number of ether oxygens (including phenoxy) is 1. The standard InChI is InChI=1S/C12H15NO4S.C2H6/c1-8-2-3-10(14)13(8)4-5-17-11-6-9(7-18-11)12(15)16;1-2/h6-8H,2-5H2,1H3,(H,15,16);1-2H3. The van der Waals surface area contributed by atoms with Crippen molar-refractivity contribution in [3.63, 3.8) is 0 Å². The van der Waals surface area contributed by atoms with Crippen LogP contribution in [0.1, 0.15) is 44.0 Å². The summed E-state index contributed by atoms with van der Waals surface area (Å²) < 4.78 is 5.46. The third-order valence-corrected chi connectivity index (χ3v) is 3.87. The van der Waals surface area contributed by atoms with Gasteiger partial charge in [-0.3, -0.25) is 4.79 Å². The molecular formula is C14H21NO4S. The lowest BCUT2D eigenvalue weighted by molar-refractivity contribution is -0.129. The van der Waals surface area contributed by atoms with E-state index in [-0.39, 0.29) is 17.5 Å². The molecular weight excluding hydrogens is 278 g/mol. The van der Waals surface area contributed by atoms with Crippen molar-refractivity contribution in [2.45, 2.75) is 39.7 Å². The summed E-state index contributed by atoms with van der Waals surface area (Å²) in [6, 6.07) is 1.78. The fourth-order valence-electron chi connectivity index (χ4n) is 1.97. The van der Waals surface area contributed by atoms with Gasteiger partial charge < -0.3 is 14.7 Å². The van der Waals surface area contributed by atoms with Crippen molar-refractivity contribution in [3.05, 3.63) is 17.0 Å². The van der Waals surface area contributed by atoms with Crippen LogP contribution in [0.5, 0.6) is 5.06 Å². The molecule has 6 heteroatoms. The molecule has 1 saturated heterocycles. The monoisotopic (exact) mass is 299 g/mol. The van der Waals surface area contributed by atoms with E-state index in [0.717, 1.165) is 6.42 Å². The molecule has 1 aromatic heterocycles. The predicted molar refractivity (Wildman–Crippen MR) is 78.5 cm³/mol. The number of likely N-dealkylation sites (tertiary alicyclic amines) is 1. The second-order valence-electron chi connectivity index (χ2n) is 4.28. The van der Waals surface area contributed by atoms with Crippen molar-refractivity contribution in [3.8, 4) is 5.06 Å². The van der Waals surface area contributed by atoms with Gasteiger partial charge in [-0.2, -0.15) is 0 Å². The Kier molecular flexibility index (Phi) is 6.51. The lowest BCUT2D eigenvalue weighted by Gasteiger charge is -2.21. The highest BCUT2D eigenvalue weighted by atomic mass is 32.1. The van der Waals surface area contributed by atoms with Gasteiger partial charge in [0.25, 0.3) is 0 Å². The highest BCUT2D eigenvalue weighted by molar-refractivity contribution is 7.12. The van der Waals surface area contributed by atoms with Gasteiger partial charge in [0.2, 0.25) is 5.91 Å². The average molecular weight is 299 g/mol. The van der Waals surface area contributed by atoms with Gasteiger partial charge in [0.15, 0.2) is 5.06 Å². The lowest BCUT2D eigenvalue weighted by atomic mass is 10.2. The molecule has 20 heavy (non-hydrogen) atoms. The number of carbonyl (C=O) groups excluding carboxylic acids is 1. The molecule has 2 heterocycles. The van der Waals surface area contributed by atoms with E-state index >= 15 is 0 Å². The number of nitrogens with zero attached hydrogens (tertiary/aromatic N) is 1. The second kappa shape index (κ2) is 7.89. The summed E-state index contributed by atoms with van der Waals surface area (Å²) in [5, 5.41) is 10.9. The highest BCUT2D eigenvalue weighted by Crippen LogP contribution is 2.23. The Morgan fingerprint density at radius 2 is 2.25 bits per heavy atom. The average Bonchev–Trinajstić information content (AvgIpc) is 3.02. The van der Waals surface area contributed by atoms with E-state index in [1.807, 2.05) is 25.7 Å². The molecule has 0 radical (unpaired) electrons. The van der Waals surface area contributed by atoms with Gasteiger partial charge in [0, 0.05) is 23.9 Å². The fourth-order valence-corrected chi connectivity index (χ4v) is 2.73. The van der Waals surface area contributed by atoms with Crippen LogP contribution in [0.4, 0.5) is 0 Å². The predicted octanol–water partition coefficient (Wildman–Crippen LogP) is 2.86. The zero-order valence-corrected chi connectivity index (χ0v) is 12.9. The molecule has 0 aliphatic carbocycles. The summed E-state index contributed by atoms with van der Waals surface area (Å²) in [7, 11) is 0. The number of carbonyl (C=O) groups is 2. The summed E-state index contributed by atoms with van der Waals surface area (Å²) in [4.78, 5) is 24.0. The van der Waals surface area contributed by atoms with E-state index in [1.165, 1.54) is 17.4 Å². The van der Waals surface area contributed by atoms with Gasteiger partial charge in [-0.1, -0.05) is 13.8 Å². The summed E-state index contributed by atoms with van der Waals surface area (Å²) in [6.07, 6.45) is 1.52. The van der Waals surface area contributed by atoms with Crippen LogP contribution in [0.25, 0.3) is 0 Å². The third kappa shape index (κ3) is 4.23. The van der Waals surface area contributed by atoms with E-state index in [4.69, 9.17) is 9.84 Å². The van der Waals surface area contributed by atoms with Crippen molar-refractivity contribution in [2.75, 3.05) is 13.2 Å². The van der Waals surface area contributed by atoms with Crippen LogP contribution in [0.3, 0.4) is 0 Å². The quantitative estimate of drug-likeness (QED) is 0.908. The number of amides is 1. The number of hydrogen-bond acceptors (Lipinski definition) is 4. The number of aromatic carboxylic acids is 1. The van der Waals surface area contributed by atoms with E-state index in [2.05, 4.69) is 0 Å². The molecule has 1 unspecified atom stereocenters.